The van der Waals surface area contributed by atoms with Gasteiger partial charge in [0.2, 0.25) is 0 Å². The second-order valence-electron chi connectivity index (χ2n) is 5.09. The quantitative estimate of drug-likeness (QED) is 0.734. The number of allylic oxidation sites excluding steroid dienone is 6. The fourth-order valence-electron chi connectivity index (χ4n) is 2.75. The van der Waals surface area contributed by atoms with E-state index in [-0.39, 0.29) is 0 Å². The smallest absolute Gasteiger partial charge is 0.376 e. The zero-order chi connectivity index (χ0) is 15.5. The molecule has 0 aromatic heterocycles. The molecule has 0 amide bonds. The van der Waals surface area contributed by atoms with Crippen LogP contribution in [0.25, 0.3) is 0 Å². The first-order valence-corrected chi connectivity index (χ1v) is 7.15. The Kier molecular flexibility index (Phi) is 4.15. The van der Waals surface area contributed by atoms with E-state index in [0.29, 0.717) is 5.76 Å². The summed E-state index contributed by atoms with van der Waals surface area (Å²) in [5.74, 6) is 0.0581. The Morgan fingerprint density at radius 1 is 1.32 bits per heavy atom. The molecule has 1 heterocycles. The maximum atomic E-state index is 11.8. The van der Waals surface area contributed by atoms with Crippen molar-refractivity contribution in [2.24, 2.45) is 0 Å². The summed E-state index contributed by atoms with van der Waals surface area (Å²) in [6.45, 7) is 0. The predicted octanol–water partition coefficient (Wildman–Crippen LogP) is 2.53. The molecular formula is C17H18O5. The summed E-state index contributed by atoms with van der Waals surface area (Å²) in [6, 6.07) is 0. The SMILES string of the molecule is COC(=O)C1OC=C2C=CCC/C2=C2\C=CC=C(OC)C2O1. The van der Waals surface area contributed by atoms with Crippen LogP contribution < -0.4 is 0 Å². The van der Waals surface area contributed by atoms with Gasteiger partial charge in [0.15, 0.2) is 0 Å². The van der Waals surface area contributed by atoms with E-state index in [0.717, 1.165) is 29.6 Å². The van der Waals surface area contributed by atoms with Gasteiger partial charge in [0.1, 0.15) is 11.9 Å². The molecule has 0 fully saturated rings. The van der Waals surface area contributed by atoms with Gasteiger partial charge < -0.3 is 18.9 Å². The molecule has 3 aliphatic rings. The molecule has 116 valence electrons. The van der Waals surface area contributed by atoms with Gasteiger partial charge >= 0.3 is 5.97 Å². The van der Waals surface area contributed by atoms with Gasteiger partial charge in [0.25, 0.3) is 6.29 Å². The molecule has 2 atom stereocenters. The molecule has 0 saturated heterocycles. The molecule has 0 N–H and O–H groups in total. The lowest BCUT2D eigenvalue weighted by molar-refractivity contribution is -0.187. The van der Waals surface area contributed by atoms with E-state index in [9.17, 15) is 4.79 Å². The van der Waals surface area contributed by atoms with Crippen molar-refractivity contribution in [3.05, 3.63) is 59.1 Å². The number of ether oxygens (including phenoxy) is 4. The number of carbonyl (C=O) groups excluding carboxylic acids is 1. The molecule has 3 rings (SSSR count). The molecule has 1 aliphatic heterocycles. The van der Waals surface area contributed by atoms with Gasteiger partial charge in [0, 0.05) is 5.57 Å². The Hall–Kier alpha value is -2.27. The highest BCUT2D eigenvalue weighted by Gasteiger charge is 2.34. The summed E-state index contributed by atoms with van der Waals surface area (Å²) >= 11 is 0. The molecule has 2 aliphatic carbocycles. The Morgan fingerprint density at radius 2 is 2.18 bits per heavy atom. The molecule has 0 spiro atoms. The van der Waals surface area contributed by atoms with E-state index < -0.39 is 18.4 Å². The Labute approximate surface area is 129 Å². The van der Waals surface area contributed by atoms with Crippen LogP contribution in [-0.2, 0) is 23.7 Å². The van der Waals surface area contributed by atoms with Crippen molar-refractivity contribution < 1.29 is 23.7 Å². The zero-order valence-corrected chi connectivity index (χ0v) is 12.6. The van der Waals surface area contributed by atoms with Crippen molar-refractivity contribution in [2.75, 3.05) is 14.2 Å². The highest BCUT2D eigenvalue weighted by Crippen LogP contribution is 2.35. The zero-order valence-electron chi connectivity index (χ0n) is 12.6. The average Bonchev–Trinajstić information content (AvgIpc) is 2.56. The summed E-state index contributed by atoms with van der Waals surface area (Å²) < 4.78 is 21.5. The summed E-state index contributed by atoms with van der Waals surface area (Å²) in [7, 11) is 2.89. The van der Waals surface area contributed by atoms with Crippen LogP contribution in [0.2, 0.25) is 0 Å². The third kappa shape index (κ3) is 2.60. The first-order valence-electron chi connectivity index (χ1n) is 7.15. The first-order chi connectivity index (χ1) is 10.7. The molecule has 22 heavy (non-hydrogen) atoms. The van der Waals surface area contributed by atoms with E-state index in [1.807, 2.05) is 24.3 Å². The highest BCUT2D eigenvalue weighted by atomic mass is 16.7. The normalized spacial score (nSPS) is 29.9. The predicted molar refractivity (Wildman–Crippen MR) is 79.5 cm³/mol. The molecular weight excluding hydrogens is 284 g/mol. The Balaban J connectivity index is 2.07. The van der Waals surface area contributed by atoms with Crippen LogP contribution in [0.4, 0.5) is 0 Å². The van der Waals surface area contributed by atoms with Crippen molar-refractivity contribution in [2.45, 2.75) is 25.2 Å². The van der Waals surface area contributed by atoms with Crippen molar-refractivity contribution in [3.8, 4) is 0 Å². The lowest BCUT2D eigenvalue weighted by atomic mass is 9.87. The monoisotopic (exact) mass is 302 g/mol. The van der Waals surface area contributed by atoms with Crippen LogP contribution in [-0.4, -0.2) is 32.6 Å². The van der Waals surface area contributed by atoms with E-state index in [1.54, 1.807) is 13.4 Å². The second kappa shape index (κ2) is 6.23. The summed E-state index contributed by atoms with van der Waals surface area (Å²) in [5.41, 5.74) is 3.09. The maximum absolute atomic E-state index is 11.8. The summed E-state index contributed by atoms with van der Waals surface area (Å²) in [4.78, 5) is 11.8. The molecule has 0 aromatic rings. The standard InChI is InChI=1S/C17H18O5/c1-19-14-9-5-8-13-12-7-4-3-6-11(12)10-21-17(16(18)20-2)22-15(13)14/h3,5-6,8-10,15,17H,4,7H2,1-2H3/b11-10?,13-12-. The number of hydrogen-bond acceptors (Lipinski definition) is 5. The number of methoxy groups -OCH3 is 2. The minimum atomic E-state index is -1.13. The van der Waals surface area contributed by atoms with Crippen LogP contribution in [0.3, 0.4) is 0 Å². The molecule has 5 heteroatoms. The largest absolute Gasteiger partial charge is 0.498 e. The summed E-state index contributed by atoms with van der Waals surface area (Å²) in [5, 5.41) is 0. The van der Waals surface area contributed by atoms with Crippen molar-refractivity contribution in [1.82, 2.24) is 0 Å². The van der Waals surface area contributed by atoms with Crippen LogP contribution >= 0.6 is 0 Å². The number of fused-ring (bicyclic) bond motifs is 2. The van der Waals surface area contributed by atoms with E-state index in [4.69, 9.17) is 18.9 Å². The second-order valence-corrected chi connectivity index (χ2v) is 5.09. The fourth-order valence-corrected chi connectivity index (χ4v) is 2.75. The maximum Gasteiger partial charge on any atom is 0.376 e. The number of esters is 1. The third-order valence-corrected chi connectivity index (χ3v) is 3.84. The van der Waals surface area contributed by atoms with Gasteiger partial charge in [-0.2, -0.15) is 0 Å². The van der Waals surface area contributed by atoms with Crippen LogP contribution in [0, 0.1) is 0 Å². The van der Waals surface area contributed by atoms with Crippen LogP contribution in [0.5, 0.6) is 0 Å². The van der Waals surface area contributed by atoms with Crippen molar-refractivity contribution >= 4 is 5.97 Å². The highest BCUT2D eigenvalue weighted by molar-refractivity contribution is 5.73. The van der Waals surface area contributed by atoms with Gasteiger partial charge in [-0.05, 0) is 30.1 Å². The van der Waals surface area contributed by atoms with Crippen LogP contribution in [0.15, 0.2) is 59.1 Å². The minimum Gasteiger partial charge on any atom is -0.498 e. The number of rotatable bonds is 2. The van der Waals surface area contributed by atoms with E-state index in [2.05, 4.69) is 6.08 Å². The molecule has 5 nitrogen and oxygen atoms in total. The first kappa shape index (κ1) is 14.7. The van der Waals surface area contributed by atoms with Gasteiger partial charge in [-0.15, -0.1) is 0 Å². The Bertz CT molecular complexity index is 621. The molecule has 2 unspecified atom stereocenters. The average molecular weight is 302 g/mol. The van der Waals surface area contributed by atoms with Gasteiger partial charge in [-0.3, -0.25) is 0 Å². The van der Waals surface area contributed by atoms with Gasteiger partial charge in [-0.1, -0.05) is 24.3 Å². The van der Waals surface area contributed by atoms with E-state index >= 15 is 0 Å². The number of carbonyl (C=O) groups is 1. The Morgan fingerprint density at radius 3 is 2.95 bits per heavy atom. The number of hydrogen-bond donors (Lipinski definition) is 0. The summed E-state index contributed by atoms with van der Waals surface area (Å²) in [6.07, 6.45) is 11.6. The van der Waals surface area contributed by atoms with Crippen molar-refractivity contribution in [1.29, 1.82) is 0 Å². The molecule has 0 radical (unpaired) electrons. The molecule has 0 aromatic carbocycles. The van der Waals surface area contributed by atoms with Crippen LogP contribution in [0.1, 0.15) is 12.8 Å². The minimum absolute atomic E-state index is 0.482. The van der Waals surface area contributed by atoms with Crippen molar-refractivity contribution in [3.63, 3.8) is 0 Å². The molecule has 0 saturated carbocycles. The molecule has 0 bridgehead atoms. The third-order valence-electron chi connectivity index (χ3n) is 3.84. The van der Waals surface area contributed by atoms with Gasteiger partial charge in [-0.25, -0.2) is 4.79 Å². The van der Waals surface area contributed by atoms with Gasteiger partial charge in [0.05, 0.1) is 20.5 Å². The lowest BCUT2D eigenvalue weighted by Crippen LogP contribution is -2.36. The fraction of sp³-hybridized carbons (Fsp3) is 0.353. The topological polar surface area (TPSA) is 54.0 Å². The lowest BCUT2D eigenvalue weighted by Gasteiger charge is -2.31. The van der Waals surface area contributed by atoms with E-state index in [1.165, 1.54) is 7.11 Å².